The zero-order valence-corrected chi connectivity index (χ0v) is 13.9. The van der Waals surface area contributed by atoms with Crippen LogP contribution in [-0.2, 0) is 17.8 Å². The van der Waals surface area contributed by atoms with Gasteiger partial charge in [0.2, 0.25) is 11.9 Å². The van der Waals surface area contributed by atoms with E-state index in [1.165, 1.54) is 0 Å². The molecule has 1 amide bonds. The molecule has 6 heteroatoms. The molecule has 0 bridgehead atoms. The third-order valence-corrected chi connectivity index (χ3v) is 3.84. The summed E-state index contributed by atoms with van der Waals surface area (Å²) in [7, 11) is 0. The molecular weight excluding hydrogens is 278 g/mol. The van der Waals surface area contributed by atoms with Crippen molar-refractivity contribution in [3.8, 4) is 0 Å². The number of anilines is 2. The Hall–Kier alpha value is -1.85. The average Bonchev–Trinajstić information content (AvgIpc) is 2.45. The lowest BCUT2D eigenvalue weighted by Crippen LogP contribution is -2.37. The number of unbranched alkanes of at least 4 members (excludes halogenated alkanes) is 1. The smallest absolute Gasteiger partial charge is 0.223 e. The van der Waals surface area contributed by atoms with Crippen LogP contribution in [0.25, 0.3) is 0 Å². The number of aromatic nitrogens is 2. The van der Waals surface area contributed by atoms with Crippen molar-refractivity contribution in [2.75, 3.05) is 24.1 Å². The molecular formula is C16H27N5O. The van der Waals surface area contributed by atoms with Gasteiger partial charge in [-0.25, -0.2) is 4.98 Å². The second kappa shape index (κ2) is 7.42. The molecule has 0 atom stereocenters. The van der Waals surface area contributed by atoms with E-state index in [0.29, 0.717) is 18.9 Å². The van der Waals surface area contributed by atoms with Crippen LogP contribution in [0, 0.1) is 5.92 Å². The van der Waals surface area contributed by atoms with E-state index in [1.807, 2.05) is 4.90 Å². The van der Waals surface area contributed by atoms with Gasteiger partial charge in [0.15, 0.2) is 0 Å². The molecule has 6 nitrogen and oxygen atoms in total. The molecule has 2 heterocycles. The highest BCUT2D eigenvalue weighted by Gasteiger charge is 2.25. The Morgan fingerprint density at radius 3 is 2.86 bits per heavy atom. The minimum atomic E-state index is 0.193. The summed E-state index contributed by atoms with van der Waals surface area (Å²) < 4.78 is 0. The zero-order valence-electron chi connectivity index (χ0n) is 13.9. The molecule has 0 radical (unpaired) electrons. The first kappa shape index (κ1) is 16.5. The number of carbonyl (C=O) groups is 1. The van der Waals surface area contributed by atoms with Crippen molar-refractivity contribution in [3.63, 3.8) is 0 Å². The monoisotopic (exact) mass is 305 g/mol. The molecule has 22 heavy (non-hydrogen) atoms. The van der Waals surface area contributed by atoms with E-state index in [1.54, 1.807) is 0 Å². The van der Waals surface area contributed by atoms with Crippen molar-refractivity contribution in [3.05, 3.63) is 11.3 Å². The summed E-state index contributed by atoms with van der Waals surface area (Å²) in [4.78, 5) is 22.8. The number of nitrogens with one attached hydrogen (secondary N) is 1. The van der Waals surface area contributed by atoms with Crippen LogP contribution < -0.4 is 11.1 Å². The van der Waals surface area contributed by atoms with Gasteiger partial charge < -0.3 is 16.0 Å². The Balaban J connectivity index is 2.12. The van der Waals surface area contributed by atoms with Crippen LogP contribution in [0.4, 0.5) is 11.8 Å². The first-order valence-corrected chi connectivity index (χ1v) is 8.18. The van der Waals surface area contributed by atoms with Gasteiger partial charge in [0.05, 0.1) is 12.2 Å². The number of fused-ring (bicyclic) bond motifs is 1. The molecule has 122 valence electrons. The van der Waals surface area contributed by atoms with E-state index in [4.69, 9.17) is 5.73 Å². The highest BCUT2D eigenvalue weighted by Crippen LogP contribution is 2.25. The standard InChI is InChI=1S/C16H27N5O/c1-4-5-7-18-15-12-6-8-21(14(22)9-11(2)3)10-13(12)19-16(17)20-15/h11H,4-10H2,1-3H3,(H3,17,18,19,20). The van der Waals surface area contributed by atoms with E-state index in [-0.39, 0.29) is 11.9 Å². The second-order valence-corrected chi connectivity index (χ2v) is 6.30. The zero-order chi connectivity index (χ0) is 16.1. The Morgan fingerprint density at radius 1 is 1.41 bits per heavy atom. The molecule has 0 saturated carbocycles. The molecule has 1 aliphatic rings. The van der Waals surface area contributed by atoms with Crippen molar-refractivity contribution in [2.45, 2.75) is 53.0 Å². The summed E-state index contributed by atoms with van der Waals surface area (Å²) in [5, 5.41) is 3.36. The summed E-state index contributed by atoms with van der Waals surface area (Å²) in [5.41, 5.74) is 7.82. The highest BCUT2D eigenvalue weighted by atomic mass is 16.2. The normalized spacial score (nSPS) is 14.1. The molecule has 0 saturated heterocycles. The second-order valence-electron chi connectivity index (χ2n) is 6.30. The summed E-state index contributed by atoms with van der Waals surface area (Å²) >= 11 is 0. The quantitative estimate of drug-likeness (QED) is 0.787. The number of hydrogen-bond acceptors (Lipinski definition) is 5. The lowest BCUT2D eigenvalue weighted by atomic mass is 10.0. The maximum Gasteiger partial charge on any atom is 0.223 e. The van der Waals surface area contributed by atoms with Gasteiger partial charge in [0.1, 0.15) is 5.82 Å². The lowest BCUT2D eigenvalue weighted by Gasteiger charge is -2.30. The van der Waals surface area contributed by atoms with E-state index >= 15 is 0 Å². The first-order valence-electron chi connectivity index (χ1n) is 8.18. The van der Waals surface area contributed by atoms with Crippen molar-refractivity contribution in [1.29, 1.82) is 0 Å². The molecule has 3 N–H and O–H groups in total. The maximum absolute atomic E-state index is 12.2. The van der Waals surface area contributed by atoms with E-state index in [9.17, 15) is 4.79 Å². The Labute approximate surface area is 132 Å². The Bertz CT molecular complexity index is 530. The third-order valence-electron chi connectivity index (χ3n) is 3.84. The van der Waals surface area contributed by atoms with Gasteiger partial charge in [0.25, 0.3) is 0 Å². The van der Waals surface area contributed by atoms with Gasteiger partial charge in [-0.2, -0.15) is 4.98 Å². The van der Waals surface area contributed by atoms with Crippen LogP contribution in [0.3, 0.4) is 0 Å². The van der Waals surface area contributed by atoms with Crippen LogP contribution >= 0.6 is 0 Å². The maximum atomic E-state index is 12.2. The summed E-state index contributed by atoms with van der Waals surface area (Å²) in [5.74, 6) is 1.68. The minimum Gasteiger partial charge on any atom is -0.370 e. The SMILES string of the molecule is CCCCNc1nc(N)nc2c1CCN(C(=O)CC(C)C)C2. The molecule has 0 fully saturated rings. The van der Waals surface area contributed by atoms with Crippen LogP contribution in [0.1, 0.15) is 51.3 Å². The molecule has 0 aromatic carbocycles. The molecule has 0 unspecified atom stereocenters. The Morgan fingerprint density at radius 2 is 2.18 bits per heavy atom. The number of nitrogens with zero attached hydrogens (tertiary/aromatic N) is 3. The fraction of sp³-hybridized carbons (Fsp3) is 0.688. The van der Waals surface area contributed by atoms with Gasteiger partial charge in [0, 0.05) is 25.1 Å². The summed E-state index contributed by atoms with van der Waals surface area (Å²) in [6.07, 6.45) is 3.59. The fourth-order valence-corrected chi connectivity index (χ4v) is 2.67. The molecule has 0 spiro atoms. The topological polar surface area (TPSA) is 84.1 Å². The van der Waals surface area contributed by atoms with Crippen molar-refractivity contribution < 1.29 is 4.79 Å². The van der Waals surface area contributed by atoms with Crippen LogP contribution in [0.2, 0.25) is 0 Å². The molecule has 2 rings (SSSR count). The predicted octanol–water partition coefficient (Wildman–Crippen LogP) is 2.20. The van der Waals surface area contributed by atoms with Gasteiger partial charge in [-0.05, 0) is 18.8 Å². The highest BCUT2D eigenvalue weighted by molar-refractivity contribution is 5.76. The van der Waals surface area contributed by atoms with Gasteiger partial charge in [-0.1, -0.05) is 27.2 Å². The lowest BCUT2D eigenvalue weighted by molar-refractivity contribution is -0.132. The number of nitrogen functional groups attached to an aromatic ring is 1. The number of rotatable bonds is 6. The van der Waals surface area contributed by atoms with Crippen LogP contribution in [-0.4, -0.2) is 33.9 Å². The van der Waals surface area contributed by atoms with E-state index in [2.05, 4.69) is 36.1 Å². The minimum absolute atomic E-state index is 0.193. The van der Waals surface area contributed by atoms with Gasteiger partial charge in [-0.15, -0.1) is 0 Å². The van der Waals surface area contributed by atoms with Crippen molar-refractivity contribution in [2.24, 2.45) is 5.92 Å². The summed E-state index contributed by atoms with van der Waals surface area (Å²) in [6, 6.07) is 0. The Kier molecular flexibility index (Phi) is 5.57. The average molecular weight is 305 g/mol. The number of amides is 1. The number of carbonyl (C=O) groups excluding carboxylic acids is 1. The largest absolute Gasteiger partial charge is 0.370 e. The van der Waals surface area contributed by atoms with Gasteiger partial charge in [-0.3, -0.25) is 4.79 Å². The molecule has 1 aromatic heterocycles. The summed E-state index contributed by atoms with van der Waals surface area (Å²) in [6.45, 7) is 8.43. The van der Waals surface area contributed by atoms with Crippen LogP contribution in [0.5, 0.6) is 0 Å². The van der Waals surface area contributed by atoms with Crippen molar-refractivity contribution >= 4 is 17.7 Å². The third kappa shape index (κ3) is 4.08. The van der Waals surface area contributed by atoms with E-state index < -0.39 is 0 Å². The fourth-order valence-electron chi connectivity index (χ4n) is 2.67. The molecule has 0 aliphatic carbocycles. The van der Waals surface area contributed by atoms with Crippen LogP contribution in [0.15, 0.2) is 0 Å². The first-order chi connectivity index (χ1) is 10.5. The number of nitrogens with two attached hydrogens (primary N) is 1. The van der Waals surface area contributed by atoms with E-state index in [0.717, 1.165) is 49.4 Å². The molecule has 1 aliphatic heterocycles. The predicted molar refractivity (Wildman–Crippen MR) is 88.4 cm³/mol. The molecule has 1 aromatic rings. The number of hydrogen-bond donors (Lipinski definition) is 2. The van der Waals surface area contributed by atoms with Gasteiger partial charge >= 0.3 is 0 Å². The van der Waals surface area contributed by atoms with Crippen molar-refractivity contribution in [1.82, 2.24) is 14.9 Å².